The first-order valence-corrected chi connectivity index (χ1v) is 8.55. The van der Waals surface area contributed by atoms with Crippen molar-refractivity contribution in [3.05, 3.63) is 87.8 Å². The van der Waals surface area contributed by atoms with Crippen LogP contribution in [-0.2, 0) is 17.5 Å². The van der Waals surface area contributed by atoms with Gasteiger partial charge in [-0.1, -0.05) is 60.1 Å². The van der Waals surface area contributed by atoms with Gasteiger partial charge in [0.05, 0.1) is 5.56 Å². The molecule has 0 saturated carbocycles. The second kappa shape index (κ2) is 7.90. The summed E-state index contributed by atoms with van der Waals surface area (Å²) < 4.78 is 39.4. The van der Waals surface area contributed by atoms with Crippen LogP contribution in [0.5, 0.6) is 0 Å². The van der Waals surface area contributed by atoms with E-state index < -0.39 is 34.8 Å². The summed E-state index contributed by atoms with van der Waals surface area (Å²) in [6.07, 6.45) is -4.10. The Morgan fingerprint density at radius 2 is 1.68 bits per heavy atom. The number of anilines is 1. The van der Waals surface area contributed by atoms with E-state index in [0.29, 0.717) is 22.5 Å². The fourth-order valence-corrected chi connectivity index (χ4v) is 2.90. The quantitative estimate of drug-likeness (QED) is 0.675. The third kappa shape index (κ3) is 4.43. The van der Waals surface area contributed by atoms with Gasteiger partial charge in [-0.25, -0.2) is 0 Å². The summed E-state index contributed by atoms with van der Waals surface area (Å²) in [6, 6.07) is 16.8. The molecule has 3 aromatic rings. The molecule has 0 spiro atoms. The largest absolute Gasteiger partial charge is 0.417 e. The molecule has 0 saturated heterocycles. The van der Waals surface area contributed by atoms with Gasteiger partial charge >= 0.3 is 6.18 Å². The van der Waals surface area contributed by atoms with E-state index in [1.807, 2.05) is 30.3 Å². The number of pyridine rings is 1. The summed E-state index contributed by atoms with van der Waals surface area (Å²) >= 11 is 5.61. The number of alkyl halides is 3. The highest BCUT2D eigenvalue weighted by molar-refractivity contribution is 6.30. The normalized spacial score (nSPS) is 11.3. The first-order chi connectivity index (χ1) is 13.3. The van der Waals surface area contributed by atoms with Crippen molar-refractivity contribution >= 4 is 23.2 Å². The van der Waals surface area contributed by atoms with Crippen molar-refractivity contribution in [3.63, 3.8) is 0 Å². The van der Waals surface area contributed by atoms with Gasteiger partial charge in [0.15, 0.2) is 0 Å². The molecule has 0 aliphatic rings. The lowest BCUT2D eigenvalue weighted by atomic mass is 10.0. The predicted molar refractivity (Wildman–Crippen MR) is 101 cm³/mol. The number of rotatable bonds is 4. The summed E-state index contributed by atoms with van der Waals surface area (Å²) in [5.41, 5.74) is 0.101. The SMILES string of the molecule is O=C(Cn1cc(C(F)(F)F)cc(Cl)c1=O)Nc1ccccc1-c1ccccc1. The number of aromatic nitrogens is 1. The Bertz CT molecular complexity index is 1060. The van der Waals surface area contributed by atoms with Crippen molar-refractivity contribution in [1.29, 1.82) is 0 Å². The molecule has 0 aliphatic carbocycles. The average molecular weight is 407 g/mol. The number of hydrogen-bond donors (Lipinski definition) is 1. The number of carbonyl (C=O) groups excluding carboxylic acids is 1. The Hall–Kier alpha value is -3.06. The number of halogens is 4. The van der Waals surface area contributed by atoms with Gasteiger partial charge in [-0.2, -0.15) is 13.2 Å². The van der Waals surface area contributed by atoms with Crippen LogP contribution in [0.25, 0.3) is 11.1 Å². The Balaban J connectivity index is 1.87. The fourth-order valence-electron chi connectivity index (χ4n) is 2.68. The number of nitrogens with one attached hydrogen (secondary N) is 1. The third-order valence-electron chi connectivity index (χ3n) is 3.97. The second-order valence-electron chi connectivity index (χ2n) is 5.97. The summed E-state index contributed by atoms with van der Waals surface area (Å²) in [6.45, 7) is -0.606. The maximum atomic E-state index is 12.9. The lowest BCUT2D eigenvalue weighted by Crippen LogP contribution is -2.29. The lowest BCUT2D eigenvalue weighted by Gasteiger charge is -2.14. The predicted octanol–water partition coefficient (Wildman–Crippen LogP) is 4.83. The minimum absolute atomic E-state index is 0.477. The molecule has 3 rings (SSSR count). The van der Waals surface area contributed by atoms with E-state index in [-0.39, 0.29) is 0 Å². The van der Waals surface area contributed by atoms with Gasteiger partial charge in [0.2, 0.25) is 5.91 Å². The van der Waals surface area contributed by atoms with Crippen molar-refractivity contribution in [3.8, 4) is 11.1 Å². The number of amides is 1. The minimum atomic E-state index is -4.69. The van der Waals surface area contributed by atoms with Crippen molar-refractivity contribution in [1.82, 2.24) is 4.57 Å². The van der Waals surface area contributed by atoms with Crippen molar-refractivity contribution in [2.24, 2.45) is 0 Å². The fraction of sp³-hybridized carbons (Fsp3) is 0.100. The maximum Gasteiger partial charge on any atom is 0.417 e. The molecule has 0 unspecified atom stereocenters. The molecule has 4 nitrogen and oxygen atoms in total. The van der Waals surface area contributed by atoms with Gasteiger partial charge in [-0.05, 0) is 17.7 Å². The zero-order valence-electron chi connectivity index (χ0n) is 14.3. The number of hydrogen-bond acceptors (Lipinski definition) is 2. The van der Waals surface area contributed by atoms with Gasteiger partial charge in [-0.3, -0.25) is 9.59 Å². The molecular weight excluding hydrogens is 393 g/mol. The van der Waals surface area contributed by atoms with E-state index in [9.17, 15) is 22.8 Å². The van der Waals surface area contributed by atoms with Crippen molar-refractivity contribution in [2.75, 3.05) is 5.32 Å². The maximum absolute atomic E-state index is 12.9. The minimum Gasteiger partial charge on any atom is -0.324 e. The van der Waals surface area contributed by atoms with E-state index in [4.69, 9.17) is 11.6 Å². The van der Waals surface area contributed by atoms with Crippen LogP contribution in [-0.4, -0.2) is 10.5 Å². The van der Waals surface area contributed by atoms with Crippen LogP contribution in [0, 0.1) is 0 Å². The highest BCUT2D eigenvalue weighted by Gasteiger charge is 2.32. The molecule has 0 aliphatic heterocycles. The van der Waals surface area contributed by atoms with Crippen LogP contribution in [0.1, 0.15) is 5.56 Å². The molecule has 0 atom stereocenters. The first kappa shape index (κ1) is 19.7. The Labute approximate surface area is 163 Å². The smallest absolute Gasteiger partial charge is 0.324 e. The molecule has 0 fully saturated rings. The van der Waals surface area contributed by atoms with Gasteiger partial charge in [0.25, 0.3) is 5.56 Å². The Morgan fingerprint density at radius 1 is 1.04 bits per heavy atom. The Morgan fingerprint density at radius 3 is 2.36 bits per heavy atom. The van der Waals surface area contributed by atoms with Gasteiger partial charge < -0.3 is 9.88 Å². The van der Waals surface area contributed by atoms with Crippen molar-refractivity contribution < 1.29 is 18.0 Å². The van der Waals surface area contributed by atoms with E-state index >= 15 is 0 Å². The van der Waals surface area contributed by atoms with E-state index in [1.165, 1.54) is 0 Å². The van der Waals surface area contributed by atoms with Crippen molar-refractivity contribution in [2.45, 2.75) is 12.7 Å². The van der Waals surface area contributed by atoms with Crippen LogP contribution in [0.3, 0.4) is 0 Å². The molecule has 144 valence electrons. The highest BCUT2D eigenvalue weighted by Crippen LogP contribution is 2.30. The number of benzene rings is 2. The molecule has 2 aromatic carbocycles. The summed E-state index contributed by atoms with van der Waals surface area (Å²) in [7, 11) is 0. The zero-order valence-corrected chi connectivity index (χ0v) is 15.1. The second-order valence-corrected chi connectivity index (χ2v) is 6.37. The zero-order chi connectivity index (χ0) is 20.3. The molecule has 1 heterocycles. The molecule has 0 bridgehead atoms. The van der Waals surface area contributed by atoms with Crippen LogP contribution in [0.2, 0.25) is 5.02 Å². The van der Waals surface area contributed by atoms with Crippen LogP contribution in [0.4, 0.5) is 18.9 Å². The number of para-hydroxylation sites is 1. The lowest BCUT2D eigenvalue weighted by molar-refractivity contribution is -0.138. The summed E-state index contributed by atoms with van der Waals surface area (Å²) in [5.74, 6) is -0.652. The third-order valence-corrected chi connectivity index (χ3v) is 4.24. The number of nitrogens with zero attached hydrogens (tertiary/aromatic N) is 1. The van der Waals surface area contributed by atoms with Gasteiger partial charge in [0, 0.05) is 17.4 Å². The van der Waals surface area contributed by atoms with E-state index in [2.05, 4.69) is 5.32 Å². The summed E-state index contributed by atoms with van der Waals surface area (Å²) in [4.78, 5) is 24.4. The first-order valence-electron chi connectivity index (χ1n) is 8.17. The van der Waals surface area contributed by atoms with Gasteiger partial charge in [0.1, 0.15) is 11.6 Å². The monoisotopic (exact) mass is 406 g/mol. The molecule has 1 amide bonds. The van der Waals surface area contributed by atoms with Crippen LogP contribution in [0.15, 0.2) is 71.7 Å². The topological polar surface area (TPSA) is 51.1 Å². The van der Waals surface area contributed by atoms with Crippen LogP contribution >= 0.6 is 11.6 Å². The highest BCUT2D eigenvalue weighted by atomic mass is 35.5. The average Bonchev–Trinajstić information content (AvgIpc) is 2.65. The van der Waals surface area contributed by atoms with Crippen LogP contribution < -0.4 is 10.9 Å². The molecule has 1 aromatic heterocycles. The molecule has 8 heteroatoms. The summed E-state index contributed by atoms with van der Waals surface area (Å²) in [5, 5.41) is 2.04. The number of carbonyl (C=O) groups is 1. The molecule has 1 N–H and O–H groups in total. The van der Waals surface area contributed by atoms with E-state index in [1.54, 1.807) is 24.3 Å². The standard InChI is InChI=1S/C20H14ClF3N2O2/c21-16-10-14(20(22,23)24)11-26(19(16)28)12-18(27)25-17-9-5-4-8-15(17)13-6-2-1-3-7-13/h1-11H,12H2,(H,25,27). The van der Waals surface area contributed by atoms with Gasteiger partial charge in [-0.15, -0.1) is 0 Å². The van der Waals surface area contributed by atoms with E-state index in [0.717, 1.165) is 11.1 Å². The Kier molecular flexibility index (Phi) is 5.56. The molecule has 28 heavy (non-hydrogen) atoms. The molecule has 0 radical (unpaired) electrons. The molecular formula is C20H14ClF3N2O2.